The van der Waals surface area contributed by atoms with E-state index >= 15 is 0 Å². The predicted molar refractivity (Wildman–Crippen MR) is 68.6 cm³/mol. The van der Waals surface area contributed by atoms with E-state index < -0.39 is 11.7 Å². The fourth-order valence-electron chi connectivity index (χ4n) is 1.70. The average molecular weight is 293 g/mol. The monoisotopic (exact) mass is 293 g/mol. The molecule has 1 N–H and O–H groups in total. The molecule has 6 heteroatoms. The number of nitriles is 1. The van der Waals surface area contributed by atoms with E-state index in [4.69, 9.17) is 15.1 Å². The van der Waals surface area contributed by atoms with Crippen molar-refractivity contribution in [3.05, 3.63) is 59.2 Å². The first kappa shape index (κ1) is 14.7. The highest BCUT2D eigenvalue weighted by atomic mass is 19.4. The van der Waals surface area contributed by atoms with E-state index in [2.05, 4.69) is 0 Å². The minimum absolute atomic E-state index is 0.0631. The van der Waals surface area contributed by atoms with Gasteiger partial charge in [-0.1, -0.05) is 12.1 Å². The number of ether oxygens (including phenoxy) is 1. The first-order valence-electron chi connectivity index (χ1n) is 5.92. The van der Waals surface area contributed by atoms with Gasteiger partial charge in [0.2, 0.25) is 0 Å². The van der Waals surface area contributed by atoms with Crippen LogP contribution in [0.1, 0.15) is 16.7 Å². The molecule has 3 nitrogen and oxygen atoms in total. The predicted octanol–water partition coefficient (Wildman–Crippen LogP) is 3.86. The highest BCUT2D eigenvalue weighted by Crippen LogP contribution is 2.37. The molecule has 21 heavy (non-hydrogen) atoms. The molecule has 0 spiro atoms. The Labute approximate surface area is 118 Å². The zero-order valence-electron chi connectivity index (χ0n) is 10.7. The first-order chi connectivity index (χ1) is 9.90. The lowest BCUT2D eigenvalue weighted by molar-refractivity contribution is -0.139. The second-order valence-corrected chi connectivity index (χ2v) is 4.28. The second-order valence-electron chi connectivity index (χ2n) is 4.28. The third kappa shape index (κ3) is 3.66. The van der Waals surface area contributed by atoms with Gasteiger partial charge in [-0.3, -0.25) is 0 Å². The van der Waals surface area contributed by atoms with Gasteiger partial charge in [-0.25, -0.2) is 0 Å². The van der Waals surface area contributed by atoms with Crippen molar-refractivity contribution >= 4 is 0 Å². The van der Waals surface area contributed by atoms with Crippen molar-refractivity contribution in [2.24, 2.45) is 0 Å². The molecule has 108 valence electrons. The molecule has 0 unspecified atom stereocenters. The van der Waals surface area contributed by atoms with Crippen LogP contribution in [-0.4, -0.2) is 5.11 Å². The summed E-state index contributed by atoms with van der Waals surface area (Å²) in [5, 5.41) is 17.8. The van der Waals surface area contributed by atoms with Crippen molar-refractivity contribution in [1.82, 2.24) is 0 Å². The molecule has 0 saturated heterocycles. The minimum atomic E-state index is -4.60. The number of nitrogens with zero attached hydrogens (tertiary/aromatic N) is 1. The second kappa shape index (κ2) is 5.75. The summed E-state index contributed by atoms with van der Waals surface area (Å²) >= 11 is 0. The summed E-state index contributed by atoms with van der Waals surface area (Å²) in [6, 6.07) is 10.7. The largest absolute Gasteiger partial charge is 0.508 e. The normalized spacial score (nSPS) is 11.0. The van der Waals surface area contributed by atoms with Crippen molar-refractivity contribution in [1.29, 1.82) is 5.26 Å². The molecule has 0 aliphatic heterocycles. The highest BCUT2D eigenvalue weighted by Gasteiger charge is 2.34. The number of benzene rings is 2. The van der Waals surface area contributed by atoms with Gasteiger partial charge >= 0.3 is 6.18 Å². The lowest BCUT2D eigenvalue weighted by Gasteiger charge is -2.14. The number of alkyl halides is 3. The molecule has 0 amide bonds. The fraction of sp³-hybridized carbons (Fsp3) is 0.133. The third-order valence-corrected chi connectivity index (χ3v) is 2.74. The van der Waals surface area contributed by atoms with Crippen LogP contribution in [0.2, 0.25) is 0 Å². The molecular weight excluding hydrogens is 283 g/mol. The average Bonchev–Trinajstić information content (AvgIpc) is 2.45. The summed E-state index contributed by atoms with van der Waals surface area (Å²) in [7, 11) is 0. The van der Waals surface area contributed by atoms with Crippen molar-refractivity contribution < 1.29 is 23.0 Å². The summed E-state index contributed by atoms with van der Waals surface area (Å²) in [5.74, 6) is -0.275. The van der Waals surface area contributed by atoms with Gasteiger partial charge in [-0.05, 0) is 35.9 Å². The Hall–Kier alpha value is -2.68. The number of hydrogen-bond acceptors (Lipinski definition) is 3. The smallest absolute Gasteiger partial charge is 0.420 e. The molecule has 0 fully saturated rings. The van der Waals surface area contributed by atoms with Crippen LogP contribution in [-0.2, 0) is 12.8 Å². The van der Waals surface area contributed by atoms with E-state index in [0.717, 1.165) is 12.1 Å². The zero-order chi connectivity index (χ0) is 15.5. The van der Waals surface area contributed by atoms with Gasteiger partial charge in [0.25, 0.3) is 0 Å². The Morgan fingerprint density at radius 1 is 1.10 bits per heavy atom. The molecule has 2 rings (SSSR count). The summed E-state index contributed by atoms with van der Waals surface area (Å²) in [6.45, 7) is -0.0741. The van der Waals surface area contributed by atoms with Crippen LogP contribution in [0.4, 0.5) is 13.2 Å². The maximum Gasteiger partial charge on any atom is 0.420 e. The van der Waals surface area contributed by atoms with Crippen molar-refractivity contribution in [2.45, 2.75) is 12.8 Å². The van der Waals surface area contributed by atoms with Gasteiger partial charge in [0.1, 0.15) is 18.1 Å². The Morgan fingerprint density at radius 2 is 1.76 bits per heavy atom. The molecule has 2 aromatic rings. The number of halogens is 3. The van der Waals surface area contributed by atoms with E-state index in [1.807, 2.05) is 0 Å². The summed E-state index contributed by atoms with van der Waals surface area (Å²) < 4.78 is 43.9. The molecule has 2 aromatic carbocycles. The summed E-state index contributed by atoms with van der Waals surface area (Å²) in [4.78, 5) is 0. The molecule has 0 radical (unpaired) electrons. The Bertz CT molecular complexity index is 673. The highest BCUT2D eigenvalue weighted by molar-refractivity contribution is 5.43. The number of rotatable bonds is 3. The quantitative estimate of drug-likeness (QED) is 0.934. The molecule has 0 saturated carbocycles. The molecule has 0 aromatic heterocycles. The van der Waals surface area contributed by atoms with Gasteiger partial charge in [0.05, 0.1) is 17.2 Å². The topological polar surface area (TPSA) is 53.2 Å². The SMILES string of the molecule is N#Cc1ccc(OCc2ccc(O)cc2)c(C(F)(F)F)c1. The van der Waals surface area contributed by atoms with Crippen molar-refractivity contribution in [2.75, 3.05) is 0 Å². The van der Waals surface area contributed by atoms with Gasteiger partial charge in [0, 0.05) is 0 Å². The third-order valence-electron chi connectivity index (χ3n) is 2.74. The molecule has 0 heterocycles. The molecule has 0 aliphatic rings. The van der Waals surface area contributed by atoms with E-state index in [9.17, 15) is 13.2 Å². The van der Waals surface area contributed by atoms with Crippen LogP contribution in [0, 0.1) is 11.3 Å². The van der Waals surface area contributed by atoms with Crippen LogP contribution in [0.3, 0.4) is 0 Å². The summed E-state index contributed by atoms with van der Waals surface area (Å²) in [6.07, 6.45) is -4.60. The summed E-state index contributed by atoms with van der Waals surface area (Å²) in [5.41, 5.74) is -0.454. The number of phenols is 1. The van der Waals surface area contributed by atoms with Gasteiger partial charge in [-0.15, -0.1) is 0 Å². The molecule has 0 bridgehead atoms. The van der Waals surface area contributed by atoms with Crippen LogP contribution in [0.5, 0.6) is 11.5 Å². The lowest BCUT2D eigenvalue weighted by atomic mass is 10.1. The Morgan fingerprint density at radius 3 is 2.33 bits per heavy atom. The number of hydrogen-bond donors (Lipinski definition) is 1. The zero-order valence-corrected chi connectivity index (χ0v) is 10.7. The van der Waals surface area contributed by atoms with Gasteiger partial charge in [0.15, 0.2) is 0 Å². The maximum atomic E-state index is 12.9. The molecule has 0 atom stereocenters. The van der Waals surface area contributed by atoms with Crippen molar-refractivity contribution in [3.8, 4) is 17.6 Å². The standard InChI is InChI=1S/C15H10F3NO2/c16-15(17,18)13-7-11(8-19)3-6-14(13)21-9-10-1-4-12(20)5-2-10/h1-7,20H,9H2. The van der Waals surface area contributed by atoms with Gasteiger partial charge in [-0.2, -0.15) is 18.4 Å². The lowest BCUT2D eigenvalue weighted by Crippen LogP contribution is -2.09. The molecule has 0 aliphatic carbocycles. The van der Waals surface area contributed by atoms with Crippen LogP contribution in [0.15, 0.2) is 42.5 Å². The van der Waals surface area contributed by atoms with E-state index in [-0.39, 0.29) is 23.7 Å². The Kier molecular flexibility index (Phi) is 4.03. The van der Waals surface area contributed by atoms with Crippen LogP contribution < -0.4 is 4.74 Å². The van der Waals surface area contributed by atoms with Crippen LogP contribution in [0.25, 0.3) is 0 Å². The van der Waals surface area contributed by atoms with E-state index in [1.54, 1.807) is 18.2 Å². The Balaban J connectivity index is 2.23. The first-order valence-corrected chi connectivity index (χ1v) is 5.92. The number of aromatic hydroxyl groups is 1. The fourth-order valence-corrected chi connectivity index (χ4v) is 1.70. The van der Waals surface area contributed by atoms with Crippen LogP contribution >= 0.6 is 0 Å². The molecular formula is C15H10F3NO2. The number of phenolic OH excluding ortho intramolecular Hbond substituents is 1. The van der Waals surface area contributed by atoms with Crippen molar-refractivity contribution in [3.63, 3.8) is 0 Å². The minimum Gasteiger partial charge on any atom is -0.508 e. The van der Waals surface area contributed by atoms with E-state index in [0.29, 0.717) is 5.56 Å². The maximum absolute atomic E-state index is 12.9. The van der Waals surface area contributed by atoms with E-state index in [1.165, 1.54) is 18.2 Å². The van der Waals surface area contributed by atoms with Gasteiger partial charge < -0.3 is 9.84 Å².